The molecule has 40 heavy (non-hydrogen) atoms. The predicted octanol–water partition coefficient (Wildman–Crippen LogP) is 2.68. The molecule has 0 saturated carbocycles. The number of rotatable bonds is 4. The van der Waals surface area contributed by atoms with Gasteiger partial charge in [0.05, 0.1) is 24.5 Å². The van der Waals surface area contributed by atoms with E-state index in [1.54, 1.807) is 9.58 Å². The maximum atomic E-state index is 13.9. The van der Waals surface area contributed by atoms with Gasteiger partial charge in [-0.2, -0.15) is 13.2 Å². The number of alkyl halides is 3. The highest BCUT2D eigenvalue weighted by Crippen LogP contribution is 2.34. The van der Waals surface area contributed by atoms with Crippen molar-refractivity contribution in [2.24, 2.45) is 5.10 Å². The SMILES string of the molecule is CC(C)(C)OC(=O)N1CCN(Cc2cc3n(c2)N=C(c2cnc(N)cc2C(F)(F)F)NC3N2CCOCC2)CC1. The average molecular weight is 565 g/mol. The third-order valence-electron chi connectivity index (χ3n) is 6.97. The summed E-state index contributed by atoms with van der Waals surface area (Å²) < 4.78 is 54.4. The highest BCUT2D eigenvalue weighted by Gasteiger charge is 2.38. The first-order valence-corrected chi connectivity index (χ1v) is 13.3. The van der Waals surface area contributed by atoms with E-state index in [9.17, 15) is 18.0 Å². The molecule has 0 radical (unpaired) electrons. The van der Waals surface area contributed by atoms with E-state index in [0.717, 1.165) is 23.5 Å². The number of carbonyl (C=O) groups excluding carboxylic acids is 1. The molecule has 1 atom stereocenters. The van der Waals surface area contributed by atoms with Gasteiger partial charge >= 0.3 is 12.3 Å². The number of aromatic nitrogens is 2. The summed E-state index contributed by atoms with van der Waals surface area (Å²) in [4.78, 5) is 22.4. The fraction of sp³-hybridized carbons (Fsp3) is 0.577. The third kappa shape index (κ3) is 6.34. The van der Waals surface area contributed by atoms with Crippen molar-refractivity contribution in [3.8, 4) is 0 Å². The average Bonchev–Trinajstić information content (AvgIpc) is 3.30. The van der Waals surface area contributed by atoms with E-state index >= 15 is 0 Å². The van der Waals surface area contributed by atoms with E-state index in [2.05, 4.69) is 25.2 Å². The number of halogens is 3. The second-order valence-corrected chi connectivity index (χ2v) is 11.2. The summed E-state index contributed by atoms with van der Waals surface area (Å²) in [5, 5.41) is 7.77. The Bertz CT molecular complexity index is 1260. The first kappa shape index (κ1) is 28.2. The van der Waals surface area contributed by atoms with Crippen molar-refractivity contribution in [2.75, 3.05) is 58.2 Å². The number of piperazine rings is 1. The number of nitrogens with zero attached hydrogens (tertiary/aromatic N) is 6. The molecule has 2 aromatic rings. The van der Waals surface area contributed by atoms with Gasteiger partial charge in [0, 0.05) is 63.8 Å². The number of nitrogen functional groups attached to an aromatic ring is 1. The molecule has 1 unspecified atom stereocenters. The van der Waals surface area contributed by atoms with Gasteiger partial charge in [-0.3, -0.25) is 9.80 Å². The second-order valence-electron chi connectivity index (χ2n) is 11.2. The van der Waals surface area contributed by atoms with Gasteiger partial charge in [0.25, 0.3) is 0 Å². The van der Waals surface area contributed by atoms with Gasteiger partial charge < -0.3 is 25.4 Å². The quantitative estimate of drug-likeness (QED) is 0.583. The minimum atomic E-state index is -4.63. The monoisotopic (exact) mass is 564 g/mol. The summed E-state index contributed by atoms with van der Waals surface area (Å²) in [6.45, 7) is 10.9. The molecule has 218 valence electrons. The van der Waals surface area contributed by atoms with Crippen molar-refractivity contribution in [1.29, 1.82) is 0 Å². The number of amides is 1. The summed E-state index contributed by atoms with van der Waals surface area (Å²) >= 11 is 0. The number of ether oxygens (including phenoxy) is 2. The van der Waals surface area contributed by atoms with Crippen LogP contribution in [-0.4, -0.2) is 94.4 Å². The Morgan fingerprint density at radius 2 is 1.82 bits per heavy atom. The lowest BCUT2D eigenvalue weighted by Crippen LogP contribution is -2.49. The summed E-state index contributed by atoms with van der Waals surface area (Å²) in [6, 6.07) is 2.86. The molecule has 0 aliphatic carbocycles. The molecule has 3 aliphatic rings. The second kappa shape index (κ2) is 10.9. The zero-order chi connectivity index (χ0) is 28.7. The van der Waals surface area contributed by atoms with Crippen molar-refractivity contribution in [1.82, 2.24) is 29.7 Å². The Balaban J connectivity index is 1.38. The van der Waals surface area contributed by atoms with Gasteiger partial charge in [-0.25, -0.2) is 14.5 Å². The molecule has 3 aliphatic heterocycles. The van der Waals surface area contributed by atoms with Crippen molar-refractivity contribution >= 4 is 17.7 Å². The molecular weight excluding hydrogens is 529 g/mol. The minimum absolute atomic E-state index is 0.0666. The Hall–Kier alpha value is -3.36. The molecule has 14 heteroatoms. The van der Waals surface area contributed by atoms with E-state index in [-0.39, 0.29) is 23.3 Å². The number of nitrogens with two attached hydrogens (primary N) is 1. The fourth-order valence-corrected chi connectivity index (χ4v) is 5.06. The Morgan fingerprint density at radius 3 is 2.48 bits per heavy atom. The van der Waals surface area contributed by atoms with Crippen molar-refractivity contribution in [2.45, 2.75) is 45.3 Å². The van der Waals surface area contributed by atoms with E-state index in [1.165, 1.54) is 0 Å². The smallest absolute Gasteiger partial charge is 0.417 e. The number of pyridine rings is 1. The number of anilines is 1. The van der Waals surface area contributed by atoms with Crippen LogP contribution >= 0.6 is 0 Å². The van der Waals surface area contributed by atoms with Crippen LogP contribution in [0.2, 0.25) is 0 Å². The molecule has 1 amide bonds. The molecule has 2 aromatic heterocycles. The van der Waals surface area contributed by atoms with Crippen LogP contribution < -0.4 is 11.1 Å². The zero-order valence-electron chi connectivity index (χ0n) is 22.9. The largest absolute Gasteiger partial charge is 0.444 e. The van der Waals surface area contributed by atoms with Crippen LogP contribution in [0.1, 0.15) is 49.3 Å². The van der Waals surface area contributed by atoms with Crippen LogP contribution in [0.15, 0.2) is 29.6 Å². The highest BCUT2D eigenvalue weighted by atomic mass is 19.4. The molecule has 11 nitrogen and oxygen atoms in total. The first-order chi connectivity index (χ1) is 18.9. The lowest BCUT2D eigenvalue weighted by atomic mass is 10.1. The van der Waals surface area contributed by atoms with Crippen molar-refractivity contribution in [3.05, 3.63) is 46.9 Å². The van der Waals surface area contributed by atoms with Gasteiger partial charge in [-0.05, 0) is 38.5 Å². The van der Waals surface area contributed by atoms with Crippen LogP contribution in [0, 0.1) is 0 Å². The summed E-state index contributed by atoms with van der Waals surface area (Å²) in [5.41, 5.74) is 5.77. The van der Waals surface area contributed by atoms with Crippen LogP contribution in [0.4, 0.5) is 23.8 Å². The van der Waals surface area contributed by atoms with Crippen molar-refractivity contribution in [3.63, 3.8) is 0 Å². The number of fused-ring (bicyclic) bond motifs is 1. The maximum Gasteiger partial charge on any atom is 0.417 e. The molecule has 0 spiro atoms. The molecule has 0 aromatic carbocycles. The first-order valence-electron chi connectivity index (χ1n) is 13.3. The molecule has 5 heterocycles. The molecule has 5 rings (SSSR count). The lowest BCUT2D eigenvalue weighted by molar-refractivity contribution is -0.137. The molecular formula is C26H35F3N8O3. The van der Waals surface area contributed by atoms with Gasteiger partial charge in [-0.1, -0.05) is 0 Å². The molecule has 2 saturated heterocycles. The van der Waals surface area contributed by atoms with Crippen LogP contribution in [0.25, 0.3) is 0 Å². The molecule has 2 fully saturated rings. The topological polar surface area (TPSA) is 113 Å². The highest BCUT2D eigenvalue weighted by molar-refractivity contribution is 6.00. The van der Waals surface area contributed by atoms with Crippen LogP contribution in [0.3, 0.4) is 0 Å². The van der Waals surface area contributed by atoms with E-state index in [1.807, 2.05) is 33.0 Å². The number of morpholine rings is 1. The fourth-order valence-electron chi connectivity index (χ4n) is 5.06. The Kier molecular flexibility index (Phi) is 7.68. The lowest BCUT2D eigenvalue weighted by Gasteiger charge is -2.37. The van der Waals surface area contributed by atoms with Crippen LogP contribution in [-0.2, 0) is 22.2 Å². The van der Waals surface area contributed by atoms with Crippen LogP contribution in [0.5, 0.6) is 0 Å². The normalized spacial score (nSPS) is 21.0. The third-order valence-corrected chi connectivity index (χ3v) is 6.97. The molecule has 3 N–H and O–H groups in total. The summed E-state index contributed by atoms with van der Waals surface area (Å²) in [7, 11) is 0. The van der Waals surface area contributed by atoms with Gasteiger partial charge in [0.2, 0.25) is 0 Å². The maximum absolute atomic E-state index is 13.9. The van der Waals surface area contributed by atoms with E-state index < -0.39 is 23.5 Å². The summed E-state index contributed by atoms with van der Waals surface area (Å²) in [6.07, 6.45) is -2.40. The predicted molar refractivity (Wildman–Crippen MR) is 141 cm³/mol. The number of carbonyl (C=O) groups is 1. The van der Waals surface area contributed by atoms with E-state index in [0.29, 0.717) is 59.0 Å². The van der Waals surface area contributed by atoms with Crippen molar-refractivity contribution < 1.29 is 27.4 Å². The number of amidine groups is 1. The number of nitrogens with one attached hydrogen (secondary N) is 1. The van der Waals surface area contributed by atoms with Gasteiger partial charge in [0.15, 0.2) is 5.84 Å². The molecule has 0 bridgehead atoms. The zero-order valence-corrected chi connectivity index (χ0v) is 22.9. The Morgan fingerprint density at radius 1 is 1.12 bits per heavy atom. The standard InChI is InChI=1S/C26H35F3N8O3/c1-25(2,3)40-24(38)36-6-4-34(5-7-36)15-17-12-20-23(35-8-10-39-11-9-35)32-22(33-37(20)16-17)18-14-31-21(30)13-19(18)26(27,28)29/h12-14,16,23H,4-11,15H2,1-3H3,(H2,30,31)(H,32,33). The van der Waals surface area contributed by atoms with E-state index in [4.69, 9.17) is 15.2 Å². The Labute approximate surface area is 230 Å². The number of hydrogen-bond acceptors (Lipinski definition) is 9. The summed E-state index contributed by atoms with van der Waals surface area (Å²) in [5.74, 6) is -0.148. The van der Waals surface area contributed by atoms with Gasteiger partial charge in [0.1, 0.15) is 17.6 Å². The van der Waals surface area contributed by atoms with Gasteiger partial charge in [-0.15, -0.1) is 5.10 Å². The number of hydrogen-bond donors (Lipinski definition) is 2. The minimum Gasteiger partial charge on any atom is -0.444 e.